The molecule has 2 aliphatic rings. The third kappa shape index (κ3) is 5.45. The summed E-state index contributed by atoms with van der Waals surface area (Å²) in [5, 5.41) is 20.0. The molecule has 0 bridgehead atoms. The van der Waals surface area contributed by atoms with Crippen molar-refractivity contribution in [2.75, 3.05) is 34.0 Å². The Balaban J connectivity index is 1.52. The molecule has 5 rings (SSSR count). The minimum Gasteiger partial charge on any atom is -0.508 e. The van der Waals surface area contributed by atoms with Crippen LogP contribution in [0.3, 0.4) is 0 Å². The zero-order chi connectivity index (χ0) is 24.4. The van der Waals surface area contributed by atoms with Crippen molar-refractivity contribution in [1.82, 2.24) is 4.90 Å². The summed E-state index contributed by atoms with van der Waals surface area (Å²) in [6.45, 7) is 1.03. The summed E-state index contributed by atoms with van der Waals surface area (Å²) in [4.78, 5) is 1.93. The van der Waals surface area contributed by atoms with E-state index in [4.69, 9.17) is 14.2 Å². The Labute approximate surface area is 206 Å². The van der Waals surface area contributed by atoms with Crippen molar-refractivity contribution in [2.45, 2.75) is 18.9 Å². The smallest absolute Gasteiger partial charge is 0.231 e. The molecule has 35 heavy (non-hydrogen) atoms. The number of hydrogen-bond donors (Lipinski definition) is 2. The predicted octanol–water partition coefficient (Wildman–Crippen LogP) is 4.79. The number of phenolic OH excluding ortho intramolecular Hbond substituents is 1. The topological polar surface area (TPSA) is 71.4 Å². The van der Waals surface area contributed by atoms with E-state index in [1.54, 1.807) is 12.1 Å². The Morgan fingerprint density at radius 2 is 1.54 bits per heavy atom. The first-order valence-electron chi connectivity index (χ1n) is 12.0. The highest BCUT2D eigenvalue weighted by atomic mass is 16.7. The van der Waals surface area contributed by atoms with Crippen LogP contribution in [0.15, 0.2) is 66.7 Å². The van der Waals surface area contributed by atoms with Crippen LogP contribution < -0.4 is 14.2 Å². The highest BCUT2D eigenvalue weighted by Gasteiger charge is 2.31. The first-order chi connectivity index (χ1) is 17.0. The number of aliphatic hydroxyl groups excluding tert-OH is 1. The van der Waals surface area contributed by atoms with Gasteiger partial charge in [0, 0.05) is 6.54 Å². The fraction of sp³-hybridized carbons (Fsp3) is 0.310. The van der Waals surface area contributed by atoms with Crippen LogP contribution in [0.5, 0.6) is 23.0 Å². The Morgan fingerprint density at radius 3 is 2.20 bits per heavy atom. The molecule has 3 aromatic rings. The van der Waals surface area contributed by atoms with E-state index < -0.39 is 6.10 Å². The summed E-state index contributed by atoms with van der Waals surface area (Å²) >= 11 is 0. The van der Waals surface area contributed by atoms with Crippen LogP contribution in [0, 0.1) is 5.92 Å². The summed E-state index contributed by atoms with van der Waals surface area (Å²) in [6, 6.07) is 21.5. The Hall–Kier alpha value is -3.48. The van der Waals surface area contributed by atoms with Gasteiger partial charge in [-0.15, -0.1) is 0 Å². The van der Waals surface area contributed by atoms with Gasteiger partial charge in [0.2, 0.25) is 6.79 Å². The molecule has 1 heterocycles. The zero-order valence-corrected chi connectivity index (χ0v) is 20.1. The lowest BCUT2D eigenvalue weighted by molar-refractivity contribution is 0.0831. The normalized spacial score (nSPS) is 16.2. The average molecular weight is 474 g/mol. The second-order valence-electron chi connectivity index (χ2n) is 9.43. The van der Waals surface area contributed by atoms with Crippen LogP contribution in [0.2, 0.25) is 0 Å². The first kappa shape index (κ1) is 23.3. The Morgan fingerprint density at radius 1 is 0.914 bits per heavy atom. The second kappa shape index (κ2) is 10.0. The number of rotatable bonds is 9. The van der Waals surface area contributed by atoms with Crippen LogP contribution in [-0.2, 0) is 0 Å². The van der Waals surface area contributed by atoms with E-state index in [0.717, 1.165) is 46.6 Å². The van der Waals surface area contributed by atoms with Gasteiger partial charge in [-0.1, -0.05) is 30.3 Å². The minimum absolute atomic E-state index is 0.239. The maximum absolute atomic E-state index is 10.1. The molecular formula is C29H31NO5. The summed E-state index contributed by atoms with van der Waals surface area (Å²) in [5.41, 5.74) is 5.62. The Kier molecular flexibility index (Phi) is 6.66. The van der Waals surface area contributed by atoms with Gasteiger partial charge in [0.05, 0.1) is 0 Å². The largest absolute Gasteiger partial charge is 0.508 e. The second-order valence-corrected chi connectivity index (χ2v) is 9.43. The number of ether oxygens (including phenoxy) is 3. The first-order valence-corrected chi connectivity index (χ1v) is 12.0. The van der Waals surface area contributed by atoms with Gasteiger partial charge >= 0.3 is 0 Å². The Bertz CT molecular complexity index is 1200. The highest BCUT2D eigenvalue weighted by molar-refractivity contribution is 6.00. The summed E-state index contributed by atoms with van der Waals surface area (Å²) in [5.74, 6) is 2.95. The molecule has 0 aromatic heterocycles. The molecule has 1 saturated carbocycles. The van der Waals surface area contributed by atoms with Gasteiger partial charge < -0.3 is 29.3 Å². The third-order valence-electron chi connectivity index (χ3n) is 6.26. The van der Waals surface area contributed by atoms with Crippen LogP contribution in [0.4, 0.5) is 0 Å². The van der Waals surface area contributed by atoms with Gasteiger partial charge in [0.1, 0.15) is 24.2 Å². The van der Waals surface area contributed by atoms with Crippen molar-refractivity contribution in [3.8, 4) is 23.0 Å². The zero-order valence-electron chi connectivity index (χ0n) is 20.1. The van der Waals surface area contributed by atoms with Gasteiger partial charge in [-0.3, -0.25) is 0 Å². The third-order valence-corrected chi connectivity index (χ3v) is 6.26. The van der Waals surface area contributed by atoms with Gasteiger partial charge in [-0.05, 0) is 97.1 Å². The maximum atomic E-state index is 10.1. The molecule has 2 N–H and O–H groups in total. The molecule has 0 amide bonds. The van der Waals surface area contributed by atoms with Crippen molar-refractivity contribution in [3.63, 3.8) is 0 Å². The summed E-state index contributed by atoms with van der Waals surface area (Å²) in [6.07, 6.45) is 1.72. The molecule has 6 nitrogen and oxygen atoms in total. The van der Waals surface area contributed by atoms with E-state index in [1.165, 1.54) is 5.57 Å². The van der Waals surface area contributed by atoms with E-state index in [1.807, 2.05) is 49.3 Å². The quantitative estimate of drug-likeness (QED) is 0.436. The molecule has 1 unspecified atom stereocenters. The lowest BCUT2D eigenvalue weighted by Crippen LogP contribution is -2.30. The lowest BCUT2D eigenvalue weighted by Gasteiger charge is -2.19. The van der Waals surface area contributed by atoms with Gasteiger partial charge in [0.15, 0.2) is 11.5 Å². The van der Waals surface area contributed by atoms with Crippen molar-refractivity contribution >= 4 is 11.1 Å². The predicted molar refractivity (Wildman–Crippen MR) is 136 cm³/mol. The SMILES string of the molecule is CN(C)CC(O)COc1ccc(C(=C(c2ccc3c(c2)OCO3)C2CC2)c2ccc(O)cc2)cc1. The van der Waals surface area contributed by atoms with Crippen molar-refractivity contribution < 1.29 is 24.4 Å². The van der Waals surface area contributed by atoms with E-state index >= 15 is 0 Å². The fourth-order valence-electron chi connectivity index (χ4n) is 4.51. The molecule has 1 fully saturated rings. The average Bonchev–Trinajstić information content (AvgIpc) is 3.57. The number of phenols is 1. The standard InChI is InChI=1S/C29H31NO5/c1-30(2)16-24(32)17-33-25-12-7-21(8-13-25)28(20-5-10-23(31)11-6-20)29(19-3-4-19)22-9-14-26-27(15-22)35-18-34-26/h5-15,19,24,31-32H,3-4,16-18H2,1-2H3. The molecule has 1 atom stereocenters. The van der Waals surface area contributed by atoms with E-state index in [9.17, 15) is 10.2 Å². The van der Waals surface area contributed by atoms with Gasteiger partial charge in [0.25, 0.3) is 0 Å². The monoisotopic (exact) mass is 473 g/mol. The van der Waals surface area contributed by atoms with E-state index in [2.05, 4.69) is 24.3 Å². The van der Waals surface area contributed by atoms with Crippen LogP contribution in [0.25, 0.3) is 11.1 Å². The highest BCUT2D eigenvalue weighted by Crippen LogP contribution is 2.49. The number of fused-ring (bicyclic) bond motifs is 1. The van der Waals surface area contributed by atoms with E-state index in [0.29, 0.717) is 18.2 Å². The molecule has 0 saturated heterocycles. The molecule has 0 spiro atoms. The number of hydrogen-bond acceptors (Lipinski definition) is 6. The van der Waals surface area contributed by atoms with Crippen LogP contribution in [0.1, 0.15) is 29.5 Å². The number of nitrogens with zero attached hydrogens (tertiary/aromatic N) is 1. The van der Waals surface area contributed by atoms with E-state index in [-0.39, 0.29) is 19.1 Å². The van der Waals surface area contributed by atoms with Gasteiger partial charge in [-0.25, -0.2) is 0 Å². The van der Waals surface area contributed by atoms with Crippen molar-refractivity contribution in [2.24, 2.45) is 5.92 Å². The number of aromatic hydroxyl groups is 1. The molecule has 1 aliphatic carbocycles. The molecular weight excluding hydrogens is 442 g/mol. The van der Waals surface area contributed by atoms with Crippen molar-refractivity contribution in [1.29, 1.82) is 0 Å². The minimum atomic E-state index is -0.551. The van der Waals surface area contributed by atoms with Crippen LogP contribution >= 0.6 is 0 Å². The van der Waals surface area contributed by atoms with Gasteiger partial charge in [-0.2, -0.15) is 0 Å². The van der Waals surface area contributed by atoms with Crippen LogP contribution in [-0.4, -0.2) is 55.3 Å². The molecule has 182 valence electrons. The lowest BCUT2D eigenvalue weighted by atomic mass is 9.87. The fourth-order valence-corrected chi connectivity index (χ4v) is 4.51. The number of aliphatic hydroxyl groups is 1. The summed E-state index contributed by atoms with van der Waals surface area (Å²) in [7, 11) is 3.85. The molecule has 3 aromatic carbocycles. The molecule has 1 aliphatic heterocycles. The number of benzene rings is 3. The summed E-state index contributed by atoms with van der Waals surface area (Å²) < 4.78 is 17.0. The number of likely N-dealkylation sites (N-methyl/N-ethyl adjacent to an activating group) is 1. The van der Waals surface area contributed by atoms with Crippen molar-refractivity contribution in [3.05, 3.63) is 83.4 Å². The molecule has 6 heteroatoms. The maximum Gasteiger partial charge on any atom is 0.231 e. The molecule has 0 radical (unpaired) electrons. The number of allylic oxidation sites excluding steroid dienone is 1.